The quantitative estimate of drug-likeness (QED) is 0.869. The molecular formula is C14H24N4S. The van der Waals surface area contributed by atoms with E-state index in [2.05, 4.69) is 45.8 Å². The second kappa shape index (κ2) is 5.83. The molecular weight excluding hydrogens is 256 g/mol. The van der Waals surface area contributed by atoms with Crippen molar-refractivity contribution in [3.05, 3.63) is 11.6 Å². The zero-order valence-corrected chi connectivity index (χ0v) is 12.7. The Bertz CT molecular complexity index is 427. The lowest BCUT2D eigenvalue weighted by Gasteiger charge is -2.19. The lowest BCUT2D eigenvalue weighted by Crippen LogP contribution is -2.34. The molecule has 2 atom stereocenters. The third-order valence-corrected chi connectivity index (χ3v) is 5.62. The monoisotopic (exact) mass is 280 g/mol. The minimum Gasteiger partial charge on any atom is -0.317 e. The smallest absolute Gasteiger partial charge is 0.146 e. The van der Waals surface area contributed by atoms with Gasteiger partial charge in [0.1, 0.15) is 11.6 Å². The maximum Gasteiger partial charge on any atom is 0.146 e. The number of rotatable bonds is 6. The molecule has 1 N–H and O–H groups in total. The van der Waals surface area contributed by atoms with Crippen molar-refractivity contribution in [3.8, 4) is 0 Å². The molecule has 0 bridgehead atoms. The molecule has 5 heteroatoms. The highest BCUT2D eigenvalue weighted by atomic mass is 32.2. The summed E-state index contributed by atoms with van der Waals surface area (Å²) < 4.78 is 2.20. The first-order chi connectivity index (χ1) is 9.29. The molecule has 2 saturated carbocycles. The van der Waals surface area contributed by atoms with Crippen LogP contribution in [0, 0.1) is 0 Å². The zero-order valence-electron chi connectivity index (χ0n) is 11.9. The molecule has 0 radical (unpaired) electrons. The number of aromatic nitrogens is 3. The third-order valence-electron chi connectivity index (χ3n) is 4.30. The summed E-state index contributed by atoms with van der Waals surface area (Å²) in [4.78, 5) is 0. The van der Waals surface area contributed by atoms with E-state index in [1.165, 1.54) is 43.7 Å². The van der Waals surface area contributed by atoms with Gasteiger partial charge in [0.25, 0.3) is 0 Å². The number of thioether (sulfide) groups is 1. The van der Waals surface area contributed by atoms with Gasteiger partial charge in [-0.05, 0) is 31.4 Å². The van der Waals surface area contributed by atoms with Gasteiger partial charge in [0.2, 0.25) is 0 Å². The summed E-state index contributed by atoms with van der Waals surface area (Å²) in [6, 6.07) is 0.658. The van der Waals surface area contributed by atoms with Crippen LogP contribution in [0.5, 0.6) is 0 Å². The molecule has 3 rings (SSSR count). The Morgan fingerprint density at radius 2 is 2.11 bits per heavy atom. The van der Waals surface area contributed by atoms with Gasteiger partial charge in [0.05, 0.1) is 6.54 Å². The van der Waals surface area contributed by atoms with Crippen LogP contribution in [0.25, 0.3) is 0 Å². The average molecular weight is 280 g/mol. The predicted octanol–water partition coefficient (Wildman–Crippen LogP) is 2.46. The fourth-order valence-electron chi connectivity index (χ4n) is 3.02. The van der Waals surface area contributed by atoms with E-state index in [0.717, 1.165) is 17.6 Å². The van der Waals surface area contributed by atoms with Crippen molar-refractivity contribution in [1.29, 1.82) is 0 Å². The van der Waals surface area contributed by atoms with Crippen molar-refractivity contribution in [2.24, 2.45) is 7.05 Å². The highest BCUT2D eigenvalue weighted by Gasteiger charge is 2.30. The van der Waals surface area contributed by atoms with Gasteiger partial charge in [-0.3, -0.25) is 0 Å². The summed E-state index contributed by atoms with van der Waals surface area (Å²) >= 11 is 2.10. The van der Waals surface area contributed by atoms with E-state index < -0.39 is 0 Å². The topological polar surface area (TPSA) is 42.7 Å². The SMILES string of the molecule is CCSC1CCCC1NCc1nnc(C2CC2)n1C. The van der Waals surface area contributed by atoms with E-state index in [-0.39, 0.29) is 0 Å². The van der Waals surface area contributed by atoms with E-state index >= 15 is 0 Å². The fraction of sp³-hybridized carbons (Fsp3) is 0.857. The molecule has 0 aromatic carbocycles. The first kappa shape index (κ1) is 13.4. The van der Waals surface area contributed by atoms with E-state index in [1.54, 1.807) is 0 Å². The first-order valence-electron chi connectivity index (χ1n) is 7.52. The maximum atomic E-state index is 4.35. The molecule has 2 unspecified atom stereocenters. The Hall–Kier alpha value is -0.550. The number of hydrogen-bond donors (Lipinski definition) is 1. The van der Waals surface area contributed by atoms with Crippen molar-refractivity contribution in [2.75, 3.05) is 5.75 Å². The van der Waals surface area contributed by atoms with Crippen LogP contribution in [0.4, 0.5) is 0 Å². The lowest BCUT2D eigenvalue weighted by atomic mass is 10.2. The van der Waals surface area contributed by atoms with Crippen molar-refractivity contribution in [1.82, 2.24) is 20.1 Å². The van der Waals surface area contributed by atoms with Crippen molar-refractivity contribution in [3.63, 3.8) is 0 Å². The predicted molar refractivity (Wildman–Crippen MR) is 79.4 cm³/mol. The van der Waals surface area contributed by atoms with Gasteiger partial charge in [-0.25, -0.2) is 0 Å². The Kier molecular flexibility index (Phi) is 4.12. The number of nitrogens with one attached hydrogen (secondary N) is 1. The minimum atomic E-state index is 0.658. The van der Waals surface area contributed by atoms with Crippen LogP contribution in [0.3, 0.4) is 0 Å². The Morgan fingerprint density at radius 1 is 1.26 bits per heavy atom. The third kappa shape index (κ3) is 2.97. The largest absolute Gasteiger partial charge is 0.317 e. The minimum absolute atomic E-state index is 0.658. The Balaban J connectivity index is 1.56. The fourth-order valence-corrected chi connectivity index (χ4v) is 4.25. The molecule has 2 fully saturated rings. The first-order valence-corrected chi connectivity index (χ1v) is 8.57. The molecule has 106 valence electrons. The molecule has 2 aliphatic rings. The van der Waals surface area contributed by atoms with Crippen LogP contribution in [-0.4, -0.2) is 31.8 Å². The molecule has 1 aromatic heterocycles. The van der Waals surface area contributed by atoms with Crippen LogP contribution in [-0.2, 0) is 13.6 Å². The molecule has 1 heterocycles. The van der Waals surface area contributed by atoms with Crippen LogP contribution in [0.15, 0.2) is 0 Å². The number of nitrogens with zero attached hydrogens (tertiary/aromatic N) is 3. The van der Waals surface area contributed by atoms with Crippen molar-refractivity contribution in [2.45, 2.75) is 62.8 Å². The summed E-state index contributed by atoms with van der Waals surface area (Å²) in [7, 11) is 2.11. The van der Waals surface area contributed by atoms with Gasteiger partial charge in [-0.1, -0.05) is 13.3 Å². The lowest BCUT2D eigenvalue weighted by molar-refractivity contribution is 0.512. The molecule has 1 aromatic rings. The van der Waals surface area contributed by atoms with Crippen LogP contribution >= 0.6 is 11.8 Å². The van der Waals surface area contributed by atoms with Gasteiger partial charge in [-0.15, -0.1) is 10.2 Å². The van der Waals surface area contributed by atoms with Gasteiger partial charge in [-0.2, -0.15) is 11.8 Å². The summed E-state index contributed by atoms with van der Waals surface area (Å²) in [5.74, 6) is 4.18. The highest BCUT2D eigenvalue weighted by molar-refractivity contribution is 7.99. The Labute approximate surface area is 119 Å². The molecule has 0 saturated heterocycles. The molecule has 0 aliphatic heterocycles. The molecule has 0 amide bonds. The Morgan fingerprint density at radius 3 is 2.84 bits per heavy atom. The highest BCUT2D eigenvalue weighted by Crippen LogP contribution is 2.38. The second-order valence-corrected chi connectivity index (χ2v) is 7.24. The average Bonchev–Trinajstić information content (AvgIpc) is 3.05. The normalized spacial score (nSPS) is 27.1. The second-order valence-electron chi connectivity index (χ2n) is 5.72. The van der Waals surface area contributed by atoms with Crippen LogP contribution in [0.2, 0.25) is 0 Å². The van der Waals surface area contributed by atoms with Crippen LogP contribution in [0.1, 0.15) is 56.6 Å². The van der Waals surface area contributed by atoms with E-state index in [1.807, 2.05) is 0 Å². The van der Waals surface area contributed by atoms with E-state index in [9.17, 15) is 0 Å². The summed E-state index contributed by atoms with van der Waals surface area (Å²) in [6.07, 6.45) is 6.61. The van der Waals surface area contributed by atoms with Gasteiger partial charge < -0.3 is 9.88 Å². The molecule has 0 spiro atoms. The summed E-state index contributed by atoms with van der Waals surface area (Å²) in [6.45, 7) is 3.12. The van der Waals surface area contributed by atoms with Crippen molar-refractivity contribution < 1.29 is 0 Å². The standard InChI is InChI=1S/C14H24N4S/c1-3-19-12-6-4-5-11(12)15-9-13-16-17-14(18(13)2)10-7-8-10/h10-12,15H,3-9H2,1-2H3. The zero-order chi connectivity index (χ0) is 13.2. The maximum absolute atomic E-state index is 4.35. The summed E-state index contributed by atoms with van der Waals surface area (Å²) in [5, 5.41) is 13.2. The molecule has 19 heavy (non-hydrogen) atoms. The summed E-state index contributed by atoms with van der Waals surface area (Å²) in [5.41, 5.74) is 0. The van der Waals surface area contributed by atoms with Crippen molar-refractivity contribution >= 4 is 11.8 Å². The van der Waals surface area contributed by atoms with Gasteiger partial charge >= 0.3 is 0 Å². The molecule has 2 aliphatic carbocycles. The molecule has 4 nitrogen and oxygen atoms in total. The van der Waals surface area contributed by atoms with Crippen LogP contribution < -0.4 is 5.32 Å². The van der Waals surface area contributed by atoms with Gasteiger partial charge in [0, 0.05) is 24.3 Å². The van der Waals surface area contributed by atoms with E-state index in [0.29, 0.717) is 12.0 Å². The number of hydrogen-bond acceptors (Lipinski definition) is 4. The van der Waals surface area contributed by atoms with E-state index in [4.69, 9.17) is 0 Å². The van der Waals surface area contributed by atoms with Gasteiger partial charge in [0.15, 0.2) is 0 Å².